The van der Waals surface area contributed by atoms with E-state index in [-0.39, 0.29) is 10.8 Å². The number of ketones is 1. The fourth-order valence-corrected chi connectivity index (χ4v) is 2.12. The third kappa shape index (κ3) is 3.62. The minimum atomic E-state index is -1.69. The van der Waals surface area contributed by atoms with Gasteiger partial charge in [0.05, 0.1) is 5.02 Å². The number of hydrogen-bond donors (Lipinski definition) is 1. The molecule has 2 rings (SSSR count). The Labute approximate surface area is 141 Å². The summed E-state index contributed by atoms with van der Waals surface area (Å²) in [5.41, 5.74) is -1.69. The minimum Gasteiger partial charge on any atom is -0.481 e. The molecule has 1 N–H and O–H groups in total. The van der Waals surface area contributed by atoms with E-state index in [4.69, 9.17) is 27.9 Å². The molecule has 2 aromatic rings. The quantitative estimate of drug-likeness (QED) is 0.798. The molecule has 0 radical (unpaired) electrons. The zero-order valence-corrected chi connectivity index (χ0v) is 13.7. The number of aromatic nitrogens is 3. The van der Waals surface area contributed by atoms with Gasteiger partial charge in [0.1, 0.15) is 23.8 Å². The van der Waals surface area contributed by atoms with Crippen molar-refractivity contribution in [2.75, 3.05) is 0 Å². The van der Waals surface area contributed by atoms with E-state index in [0.29, 0.717) is 5.02 Å². The van der Waals surface area contributed by atoms with Crippen molar-refractivity contribution >= 4 is 35.0 Å². The summed E-state index contributed by atoms with van der Waals surface area (Å²) in [6, 6.07) is 4.47. The number of halogens is 2. The second-order valence-corrected chi connectivity index (χ2v) is 6.06. The number of rotatable bonds is 6. The van der Waals surface area contributed by atoms with Crippen molar-refractivity contribution < 1.29 is 19.4 Å². The van der Waals surface area contributed by atoms with Gasteiger partial charge < -0.3 is 9.84 Å². The standard InChI is InChI=1S/C14H13Cl2N3O4/c1-14(2,13(21)22)11(20)12(19-7-17-6-18-19)23-10-4-3-8(15)5-9(10)16/h3-7,12H,1-2H3,(H,21,22). The van der Waals surface area contributed by atoms with Gasteiger partial charge in [-0.15, -0.1) is 0 Å². The summed E-state index contributed by atoms with van der Waals surface area (Å²) in [4.78, 5) is 27.7. The number of benzene rings is 1. The van der Waals surface area contributed by atoms with Crippen molar-refractivity contribution in [3.63, 3.8) is 0 Å². The van der Waals surface area contributed by atoms with Gasteiger partial charge in [0.25, 0.3) is 6.23 Å². The number of aliphatic carboxylic acids is 1. The maximum Gasteiger partial charge on any atom is 0.316 e. The molecule has 0 fully saturated rings. The van der Waals surface area contributed by atoms with Crippen LogP contribution in [0.5, 0.6) is 5.75 Å². The molecule has 1 aromatic carbocycles. The van der Waals surface area contributed by atoms with Crippen molar-refractivity contribution in [1.29, 1.82) is 0 Å². The molecule has 0 aliphatic carbocycles. The van der Waals surface area contributed by atoms with Crippen LogP contribution in [-0.4, -0.2) is 31.6 Å². The topological polar surface area (TPSA) is 94.3 Å². The smallest absolute Gasteiger partial charge is 0.316 e. The average Bonchev–Trinajstić information content (AvgIpc) is 2.99. The Hall–Kier alpha value is -2.12. The van der Waals surface area contributed by atoms with Crippen molar-refractivity contribution in [2.24, 2.45) is 5.41 Å². The summed E-state index contributed by atoms with van der Waals surface area (Å²) >= 11 is 11.9. The number of carbonyl (C=O) groups is 2. The number of carboxylic acid groups (broad SMARTS) is 1. The molecule has 122 valence electrons. The molecule has 1 unspecified atom stereocenters. The SMILES string of the molecule is CC(C)(C(=O)O)C(=O)C(Oc1ccc(Cl)cc1Cl)n1cncn1. The fourth-order valence-electron chi connectivity index (χ4n) is 1.67. The summed E-state index contributed by atoms with van der Waals surface area (Å²) in [6.45, 7) is 2.57. The van der Waals surface area contributed by atoms with Gasteiger partial charge in [0, 0.05) is 5.02 Å². The van der Waals surface area contributed by atoms with Crippen LogP contribution in [0.3, 0.4) is 0 Å². The Morgan fingerprint density at radius 2 is 2.04 bits per heavy atom. The zero-order valence-electron chi connectivity index (χ0n) is 12.2. The fraction of sp³-hybridized carbons (Fsp3) is 0.286. The van der Waals surface area contributed by atoms with Crippen molar-refractivity contribution in [2.45, 2.75) is 20.1 Å². The lowest BCUT2D eigenvalue weighted by Crippen LogP contribution is -2.41. The number of nitrogens with zero attached hydrogens (tertiary/aromatic N) is 3. The lowest BCUT2D eigenvalue weighted by molar-refractivity contribution is -0.157. The lowest BCUT2D eigenvalue weighted by Gasteiger charge is -2.25. The monoisotopic (exact) mass is 357 g/mol. The number of carboxylic acids is 1. The molecule has 1 atom stereocenters. The number of Topliss-reactive ketones (excluding diaryl/α,β-unsaturated/α-hetero) is 1. The van der Waals surface area contributed by atoms with Crippen LogP contribution in [-0.2, 0) is 9.59 Å². The molecule has 7 nitrogen and oxygen atoms in total. The predicted molar refractivity (Wildman–Crippen MR) is 82.6 cm³/mol. The van der Waals surface area contributed by atoms with E-state index < -0.39 is 23.4 Å². The summed E-state index contributed by atoms with van der Waals surface area (Å²) in [5.74, 6) is -1.81. The molecule has 0 saturated carbocycles. The van der Waals surface area contributed by atoms with E-state index in [1.807, 2.05) is 0 Å². The Kier molecular flexibility index (Phi) is 4.91. The Bertz CT molecular complexity index is 732. The molecular formula is C14H13Cl2N3O4. The van der Waals surface area contributed by atoms with Crippen LogP contribution >= 0.6 is 23.2 Å². The lowest BCUT2D eigenvalue weighted by atomic mass is 9.87. The van der Waals surface area contributed by atoms with Gasteiger partial charge in [0.15, 0.2) is 0 Å². The molecule has 23 heavy (non-hydrogen) atoms. The van der Waals surface area contributed by atoms with Gasteiger partial charge in [-0.05, 0) is 32.0 Å². The van der Waals surface area contributed by atoms with E-state index in [1.165, 1.54) is 44.7 Å². The van der Waals surface area contributed by atoms with Crippen LogP contribution in [0, 0.1) is 5.41 Å². The number of ether oxygens (including phenoxy) is 1. The van der Waals surface area contributed by atoms with Crippen molar-refractivity contribution in [3.8, 4) is 5.75 Å². The van der Waals surface area contributed by atoms with Gasteiger partial charge in [-0.25, -0.2) is 9.67 Å². The van der Waals surface area contributed by atoms with E-state index >= 15 is 0 Å². The van der Waals surface area contributed by atoms with Crippen LogP contribution in [0.25, 0.3) is 0 Å². The average molecular weight is 358 g/mol. The first-order chi connectivity index (χ1) is 10.7. The van der Waals surface area contributed by atoms with Gasteiger partial charge in [-0.3, -0.25) is 9.59 Å². The van der Waals surface area contributed by atoms with Crippen LogP contribution < -0.4 is 4.74 Å². The van der Waals surface area contributed by atoms with Crippen LogP contribution in [0.4, 0.5) is 0 Å². The first-order valence-electron chi connectivity index (χ1n) is 6.47. The summed E-state index contributed by atoms with van der Waals surface area (Å²) < 4.78 is 6.72. The molecule has 0 aliphatic heterocycles. The third-order valence-electron chi connectivity index (χ3n) is 3.18. The van der Waals surface area contributed by atoms with Crippen LogP contribution in [0.1, 0.15) is 20.1 Å². The first kappa shape index (κ1) is 17.2. The van der Waals surface area contributed by atoms with E-state index in [2.05, 4.69) is 10.1 Å². The third-order valence-corrected chi connectivity index (χ3v) is 3.71. The summed E-state index contributed by atoms with van der Waals surface area (Å²) in [5, 5.41) is 13.7. The summed E-state index contributed by atoms with van der Waals surface area (Å²) in [7, 11) is 0. The molecule has 9 heteroatoms. The molecule has 0 bridgehead atoms. The molecular weight excluding hydrogens is 345 g/mol. The van der Waals surface area contributed by atoms with E-state index in [0.717, 1.165) is 4.68 Å². The van der Waals surface area contributed by atoms with Gasteiger partial charge >= 0.3 is 5.97 Å². The maximum absolute atomic E-state index is 12.6. The van der Waals surface area contributed by atoms with Gasteiger partial charge in [-0.1, -0.05) is 23.2 Å². The van der Waals surface area contributed by atoms with E-state index in [9.17, 15) is 14.7 Å². The van der Waals surface area contributed by atoms with Gasteiger partial charge in [-0.2, -0.15) is 5.10 Å². The Morgan fingerprint density at radius 3 is 2.57 bits per heavy atom. The predicted octanol–water partition coefficient (Wildman–Crippen LogP) is 2.84. The van der Waals surface area contributed by atoms with Crippen molar-refractivity contribution in [3.05, 3.63) is 40.9 Å². The second-order valence-electron chi connectivity index (χ2n) is 5.21. The molecule has 1 aromatic heterocycles. The highest BCUT2D eigenvalue weighted by Crippen LogP contribution is 2.32. The first-order valence-corrected chi connectivity index (χ1v) is 7.22. The van der Waals surface area contributed by atoms with Gasteiger partial charge in [0.2, 0.25) is 5.78 Å². The molecule has 1 heterocycles. The number of carbonyl (C=O) groups excluding carboxylic acids is 1. The highest BCUT2D eigenvalue weighted by atomic mass is 35.5. The maximum atomic E-state index is 12.6. The Balaban J connectivity index is 2.40. The second kappa shape index (κ2) is 6.55. The number of hydrogen-bond acceptors (Lipinski definition) is 5. The minimum absolute atomic E-state index is 0.172. The summed E-state index contributed by atoms with van der Waals surface area (Å²) in [6.07, 6.45) is 1.13. The Morgan fingerprint density at radius 1 is 1.35 bits per heavy atom. The molecule has 0 saturated heterocycles. The normalized spacial score (nSPS) is 12.7. The van der Waals surface area contributed by atoms with Crippen LogP contribution in [0.2, 0.25) is 10.0 Å². The highest BCUT2D eigenvalue weighted by Gasteiger charge is 2.43. The van der Waals surface area contributed by atoms with E-state index in [1.54, 1.807) is 0 Å². The zero-order chi connectivity index (χ0) is 17.2. The molecule has 0 spiro atoms. The largest absolute Gasteiger partial charge is 0.481 e. The van der Waals surface area contributed by atoms with Crippen LogP contribution in [0.15, 0.2) is 30.9 Å². The molecule has 0 amide bonds. The molecule has 0 aliphatic rings. The van der Waals surface area contributed by atoms with Crippen molar-refractivity contribution in [1.82, 2.24) is 14.8 Å². The highest BCUT2D eigenvalue weighted by molar-refractivity contribution is 6.35.